The second kappa shape index (κ2) is 6.87. The number of hydrogen-bond acceptors (Lipinski definition) is 3. The Morgan fingerprint density at radius 2 is 1.72 bits per heavy atom. The van der Waals surface area contributed by atoms with Gasteiger partial charge in [0.15, 0.2) is 0 Å². The molecule has 0 amide bonds. The van der Waals surface area contributed by atoms with E-state index in [0.29, 0.717) is 18.4 Å². The van der Waals surface area contributed by atoms with Gasteiger partial charge in [-0.05, 0) is 44.6 Å². The molecule has 3 atom stereocenters. The maximum Gasteiger partial charge on any atom is 0.215 e. The summed E-state index contributed by atoms with van der Waals surface area (Å²) in [6.45, 7) is 9.48. The molecular formula is C13H28N2O2S. The largest absolute Gasteiger partial charge is 0.316 e. The molecule has 0 aliphatic heterocycles. The number of nitrogens with one attached hydrogen (secondary N) is 2. The second-order valence-electron chi connectivity index (χ2n) is 5.90. The fourth-order valence-electron chi connectivity index (χ4n) is 2.85. The van der Waals surface area contributed by atoms with Crippen LogP contribution in [0.15, 0.2) is 0 Å². The smallest absolute Gasteiger partial charge is 0.215 e. The molecule has 0 radical (unpaired) electrons. The fourth-order valence-corrected chi connectivity index (χ4v) is 4.08. The lowest BCUT2D eigenvalue weighted by molar-refractivity contribution is 0.257. The molecule has 1 aliphatic rings. The summed E-state index contributed by atoms with van der Waals surface area (Å²) in [5, 5.41) is 2.72. The number of hydrogen-bond donors (Lipinski definition) is 2. The Labute approximate surface area is 112 Å². The Balaban J connectivity index is 2.54. The van der Waals surface area contributed by atoms with Gasteiger partial charge in [-0.1, -0.05) is 20.8 Å². The van der Waals surface area contributed by atoms with Gasteiger partial charge in [-0.25, -0.2) is 13.1 Å². The molecule has 0 spiro atoms. The van der Waals surface area contributed by atoms with E-state index in [-0.39, 0.29) is 11.3 Å². The first kappa shape index (κ1) is 15.9. The van der Waals surface area contributed by atoms with E-state index in [2.05, 4.69) is 23.9 Å². The van der Waals surface area contributed by atoms with Crippen LogP contribution in [0.25, 0.3) is 0 Å². The maximum atomic E-state index is 12.2. The molecule has 0 aromatic rings. The predicted molar refractivity (Wildman–Crippen MR) is 76.0 cm³/mol. The highest BCUT2D eigenvalue weighted by Crippen LogP contribution is 2.29. The average molecular weight is 276 g/mol. The van der Waals surface area contributed by atoms with Crippen LogP contribution in [0.3, 0.4) is 0 Å². The second-order valence-corrected chi connectivity index (χ2v) is 8.03. The Morgan fingerprint density at radius 1 is 1.17 bits per heavy atom. The van der Waals surface area contributed by atoms with Crippen LogP contribution >= 0.6 is 0 Å². The summed E-state index contributed by atoms with van der Waals surface area (Å²) >= 11 is 0. The van der Waals surface area contributed by atoms with Crippen molar-refractivity contribution in [3.8, 4) is 0 Å². The van der Waals surface area contributed by atoms with E-state index in [0.717, 1.165) is 19.4 Å². The van der Waals surface area contributed by atoms with Gasteiger partial charge in [-0.2, -0.15) is 0 Å². The molecule has 0 saturated heterocycles. The first-order chi connectivity index (χ1) is 8.35. The van der Waals surface area contributed by atoms with Gasteiger partial charge in [0.2, 0.25) is 10.0 Å². The summed E-state index contributed by atoms with van der Waals surface area (Å²) in [6, 6.07) is 0.123. The highest BCUT2D eigenvalue weighted by atomic mass is 32.2. The summed E-state index contributed by atoms with van der Waals surface area (Å²) in [5.74, 6) is 1.23. The van der Waals surface area contributed by atoms with Crippen LogP contribution in [-0.2, 0) is 10.0 Å². The minimum absolute atomic E-state index is 0.123. The van der Waals surface area contributed by atoms with E-state index in [9.17, 15) is 8.42 Å². The van der Waals surface area contributed by atoms with E-state index >= 15 is 0 Å². The van der Waals surface area contributed by atoms with Crippen LogP contribution in [0.5, 0.6) is 0 Å². The molecule has 18 heavy (non-hydrogen) atoms. The lowest BCUT2D eigenvalue weighted by Gasteiger charge is -2.32. The summed E-state index contributed by atoms with van der Waals surface area (Å²) in [4.78, 5) is 0. The molecule has 0 aromatic heterocycles. The molecule has 1 aliphatic carbocycles. The Morgan fingerprint density at radius 3 is 2.22 bits per heavy atom. The fraction of sp³-hybridized carbons (Fsp3) is 1.00. The van der Waals surface area contributed by atoms with Crippen molar-refractivity contribution in [2.45, 2.75) is 58.2 Å². The molecule has 0 aromatic carbocycles. The standard InChI is InChI=1S/C13H28N2O2S/c1-5-14-9-12(4)18(16,17)15-13-7-10(2)6-11(3)8-13/h10-15H,5-9H2,1-4H3. The number of rotatable bonds is 6. The van der Waals surface area contributed by atoms with E-state index < -0.39 is 10.0 Å². The van der Waals surface area contributed by atoms with Crippen LogP contribution in [-0.4, -0.2) is 32.8 Å². The molecule has 0 heterocycles. The summed E-state index contributed by atoms with van der Waals surface area (Å²) in [6.07, 6.45) is 3.15. The zero-order chi connectivity index (χ0) is 13.8. The molecule has 1 fully saturated rings. The van der Waals surface area contributed by atoms with Crippen molar-refractivity contribution in [3.05, 3.63) is 0 Å². The van der Waals surface area contributed by atoms with Crippen LogP contribution in [0.4, 0.5) is 0 Å². The third kappa shape index (κ3) is 4.86. The molecule has 4 nitrogen and oxygen atoms in total. The highest BCUT2D eigenvalue weighted by Gasteiger charge is 2.29. The molecule has 108 valence electrons. The monoisotopic (exact) mass is 276 g/mol. The van der Waals surface area contributed by atoms with Crippen molar-refractivity contribution in [2.24, 2.45) is 11.8 Å². The Hall–Kier alpha value is -0.130. The molecule has 0 bridgehead atoms. The minimum atomic E-state index is -3.19. The van der Waals surface area contributed by atoms with Crippen molar-refractivity contribution in [3.63, 3.8) is 0 Å². The number of sulfonamides is 1. The van der Waals surface area contributed by atoms with E-state index in [1.807, 2.05) is 6.92 Å². The zero-order valence-corrected chi connectivity index (χ0v) is 12.9. The van der Waals surface area contributed by atoms with Gasteiger partial charge in [0.1, 0.15) is 0 Å². The van der Waals surface area contributed by atoms with Crippen LogP contribution in [0, 0.1) is 11.8 Å². The lowest BCUT2D eigenvalue weighted by atomic mass is 9.81. The molecule has 5 heteroatoms. The SMILES string of the molecule is CCNCC(C)S(=O)(=O)NC1CC(C)CC(C)C1. The molecule has 2 N–H and O–H groups in total. The zero-order valence-electron chi connectivity index (χ0n) is 12.1. The van der Waals surface area contributed by atoms with E-state index in [4.69, 9.17) is 0 Å². The van der Waals surface area contributed by atoms with E-state index in [1.165, 1.54) is 6.42 Å². The van der Waals surface area contributed by atoms with Gasteiger partial charge >= 0.3 is 0 Å². The predicted octanol–water partition coefficient (Wildman–Crippen LogP) is 1.73. The van der Waals surface area contributed by atoms with Crippen LogP contribution in [0.1, 0.15) is 47.0 Å². The summed E-state index contributed by atoms with van der Waals surface area (Å²) in [5.41, 5.74) is 0. The van der Waals surface area contributed by atoms with Crippen LogP contribution < -0.4 is 10.0 Å². The summed E-state index contributed by atoms with van der Waals surface area (Å²) in [7, 11) is -3.19. The van der Waals surface area contributed by atoms with Crippen molar-refractivity contribution in [1.82, 2.24) is 10.0 Å². The lowest BCUT2D eigenvalue weighted by Crippen LogP contribution is -2.46. The topological polar surface area (TPSA) is 58.2 Å². The van der Waals surface area contributed by atoms with Gasteiger partial charge in [0.05, 0.1) is 5.25 Å². The first-order valence-electron chi connectivity index (χ1n) is 7.07. The Bertz CT molecular complexity index is 333. The van der Waals surface area contributed by atoms with Crippen molar-refractivity contribution in [1.29, 1.82) is 0 Å². The van der Waals surface area contributed by atoms with Gasteiger partial charge in [0.25, 0.3) is 0 Å². The van der Waals surface area contributed by atoms with Crippen molar-refractivity contribution in [2.75, 3.05) is 13.1 Å². The average Bonchev–Trinajstić information content (AvgIpc) is 2.23. The first-order valence-corrected chi connectivity index (χ1v) is 8.61. The van der Waals surface area contributed by atoms with Crippen molar-refractivity contribution >= 4 is 10.0 Å². The minimum Gasteiger partial charge on any atom is -0.316 e. The summed E-state index contributed by atoms with van der Waals surface area (Å²) < 4.78 is 27.2. The van der Waals surface area contributed by atoms with Gasteiger partial charge < -0.3 is 5.32 Å². The van der Waals surface area contributed by atoms with Gasteiger partial charge in [-0.3, -0.25) is 0 Å². The molecular weight excluding hydrogens is 248 g/mol. The Kier molecular flexibility index (Phi) is 6.08. The normalized spacial score (nSPS) is 31.2. The van der Waals surface area contributed by atoms with Gasteiger partial charge in [0, 0.05) is 12.6 Å². The maximum absolute atomic E-state index is 12.2. The molecule has 1 rings (SSSR count). The van der Waals surface area contributed by atoms with Crippen molar-refractivity contribution < 1.29 is 8.42 Å². The van der Waals surface area contributed by atoms with E-state index in [1.54, 1.807) is 6.92 Å². The third-order valence-corrected chi connectivity index (χ3v) is 5.61. The molecule has 1 saturated carbocycles. The highest BCUT2D eigenvalue weighted by molar-refractivity contribution is 7.90. The molecule has 3 unspecified atom stereocenters. The van der Waals surface area contributed by atoms with Crippen LogP contribution in [0.2, 0.25) is 0 Å². The van der Waals surface area contributed by atoms with Gasteiger partial charge in [-0.15, -0.1) is 0 Å². The quantitative estimate of drug-likeness (QED) is 0.777. The third-order valence-electron chi connectivity index (χ3n) is 3.72.